The van der Waals surface area contributed by atoms with Crippen LogP contribution in [-0.4, -0.2) is 53.6 Å². The molecule has 0 spiro atoms. The molecule has 5 rings (SSSR count). The second-order valence-electron chi connectivity index (χ2n) is 10.8. The van der Waals surface area contributed by atoms with Gasteiger partial charge >= 0.3 is 6.09 Å². The number of rotatable bonds is 9. The van der Waals surface area contributed by atoms with Crippen LogP contribution in [-0.2, 0) is 26.4 Å². The summed E-state index contributed by atoms with van der Waals surface area (Å²) in [7, 11) is 0. The molecule has 42 heavy (non-hydrogen) atoms. The Kier molecular flexibility index (Phi) is 9.95. The molecule has 8 nitrogen and oxygen atoms in total. The molecule has 2 fully saturated rings. The lowest BCUT2D eigenvalue weighted by Gasteiger charge is -2.42. The number of hydrogen-bond donors (Lipinski definition) is 3. The molecule has 2 saturated heterocycles. The standard InChI is InChI=1S/C33H37ClN2O6/c1-2-18-40-32(38)35-28-5-3-4-25(19-28)31-41-29(20-30(42-31)24-8-6-23(22-37)7-9-24)21-36-16-14-33(39,15-17-36)26-10-12-27(34)13-11-26/h2-13,19,29-31,37,39H,1,14-18,20-22H2,(H,35,38). The highest BCUT2D eigenvalue weighted by atomic mass is 35.5. The van der Waals surface area contributed by atoms with Crippen LogP contribution in [0.3, 0.4) is 0 Å². The minimum atomic E-state index is -0.878. The van der Waals surface area contributed by atoms with Gasteiger partial charge in [0, 0.05) is 42.3 Å². The first-order valence-electron chi connectivity index (χ1n) is 14.2. The minimum Gasteiger partial charge on any atom is -0.445 e. The lowest BCUT2D eigenvalue weighted by atomic mass is 9.84. The first-order chi connectivity index (χ1) is 20.3. The molecule has 3 aromatic carbocycles. The third-order valence-electron chi connectivity index (χ3n) is 7.88. The summed E-state index contributed by atoms with van der Waals surface area (Å²) in [6.45, 7) is 5.80. The van der Waals surface area contributed by atoms with Crippen LogP contribution in [0.2, 0.25) is 5.02 Å². The monoisotopic (exact) mass is 592 g/mol. The maximum atomic E-state index is 12.1. The number of carbonyl (C=O) groups is 1. The fourth-order valence-electron chi connectivity index (χ4n) is 5.53. The van der Waals surface area contributed by atoms with Crippen LogP contribution < -0.4 is 5.32 Å². The number of aliphatic hydroxyl groups excluding tert-OH is 1. The zero-order valence-electron chi connectivity index (χ0n) is 23.5. The van der Waals surface area contributed by atoms with E-state index in [1.807, 2.05) is 66.7 Å². The number of ether oxygens (including phenoxy) is 3. The summed E-state index contributed by atoms with van der Waals surface area (Å²) in [4.78, 5) is 14.4. The summed E-state index contributed by atoms with van der Waals surface area (Å²) in [6.07, 6.45) is 1.79. The zero-order valence-corrected chi connectivity index (χ0v) is 24.2. The maximum Gasteiger partial charge on any atom is 0.411 e. The van der Waals surface area contributed by atoms with Gasteiger partial charge in [-0.05, 0) is 53.8 Å². The normalized spacial score (nSPS) is 22.3. The van der Waals surface area contributed by atoms with Gasteiger partial charge in [0.1, 0.15) is 6.61 Å². The Morgan fingerprint density at radius 1 is 1.07 bits per heavy atom. The highest BCUT2D eigenvalue weighted by molar-refractivity contribution is 6.30. The minimum absolute atomic E-state index is 0.0213. The zero-order chi connectivity index (χ0) is 29.5. The largest absolute Gasteiger partial charge is 0.445 e. The molecule has 3 unspecified atom stereocenters. The third kappa shape index (κ3) is 7.58. The van der Waals surface area contributed by atoms with E-state index in [0.717, 1.165) is 35.3 Å². The van der Waals surface area contributed by atoms with E-state index >= 15 is 0 Å². The maximum absolute atomic E-state index is 12.1. The van der Waals surface area contributed by atoms with Gasteiger partial charge in [0.25, 0.3) is 0 Å². The molecule has 0 saturated carbocycles. The van der Waals surface area contributed by atoms with Gasteiger partial charge in [-0.1, -0.05) is 72.8 Å². The fourth-order valence-corrected chi connectivity index (χ4v) is 5.65. The Morgan fingerprint density at radius 3 is 2.50 bits per heavy atom. The van der Waals surface area contributed by atoms with Crippen molar-refractivity contribution in [2.24, 2.45) is 0 Å². The summed E-state index contributed by atoms with van der Waals surface area (Å²) in [5.41, 5.74) is 3.19. The van der Waals surface area contributed by atoms with E-state index in [9.17, 15) is 15.0 Å². The van der Waals surface area contributed by atoms with Crippen LogP contribution >= 0.6 is 11.6 Å². The average molecular weight is 593 g/mol. The summed E-state index contributed by atoms with van der Waals surface area (Å²) < 4.78 is 18.0. The summed E-state index contributed by atoms with van der Waals surface area (Å²) in [5, 5.41) is 24.2. The van der Waals surface area contributed by atoms with Crippen molar-refractivity contribution in [3.8, 4) is 0 Å². The van der Waals surface area contributed by atoms with Gasteiger partial charge in [0.2, 0.25) is 0 Å². The van der Waals surface area contributed by atoms with E-state index in [4.69, 9.17) is 25.8 Å². The molecule has 1 amide bonds. The molecule has 2 aliphatic heterocycles. The van der Waals surface area contributed by atoms with Crippen molar-refractivity contribution in [2.45, 2.75) is 50.0 Å². The van der Waals surface area contributed by atoms with Gasteiger partial charge in [-0.3, -0.25) is 5.32 Å². The number of halogens is 1. The number of nitrogens with zero attached hydrogens (tertiary/aromatic N) is 1. The van der Waals surface area contributed by atoms with Crippen molar-refractivity contribution in [3.05, 3.63) is 113 Å². The van der Waals surface area contributed by atoms with Crippen molar-refractivity contribution in [1.29, 1.82) is 0 Å². The van der Waals surface area contributed by atoms with Gasteiger partial charge < -0.3 is 29.3 Å². The molecule has 0 bridgehead atoms. The lowest BCUT2D eigenvalue weighted by Crippen LogP contribution is -2.46. The highest BCUT2D eigenvalue weighted by Gasteiger charge is 2.37. The van der Waals surface area contributed by atoms with Crippen molar-refractivity contribution >= 4 is 23.4 Å². The average Bonchev–Trinajstić information content (AvgIpc) is 3.01. The summed E-state index contributed by atoms with van der Waals surface area (Å²) >= 11 is 6.05. The number of benzene rings is 3. The molecule has 3 atom stereocenters. The molecular weight excluding hydrogens is 556 g/mol. The first kappa shape index (κ1) is 30.2. The summed E-state index contributed by atoms with van der Waals surface area (Å²) in [5.74, 6) is 0. The van der Waals surface area contributed by atoms with Gasteiger partial charge in [-0.2, -0.15) is 0 Å². The molecule has 9 heteroatoms. The molecule has 0 aliphatic carbocycles. The predicted octanol–water partition coefficient (Wildman–Crippen LogP) is 6.10. The van der Waals surface area contributed by atoms with E-state index < -0.39 is 18.0 Å². The Morgan fingerprint density at radius 2 is 1.81 bits per heavy atom. The summed E-state index contributed by atoms with van der Waals surface area (Å²) in [6, 6.07) is 22.6. The number of hydrogen-bond acceptors (Lipinski definition) is 7. The van der Waals surface area contributed by atoms with E-state index in [1.165, 1.54) is 6.08 Å². The number of carbonyl (C=O) groups excluding carboxylic acids is 1. The lowest BCUT2D eigenvalue weighted by molar-refractivity contribution is -0.253. The molecular formula is C33H37ClN2O6. The van der Waals surface area contributed by atoms with E-state index in [2.05, 4.69) is 16.8 Å². The number of likely N-dealkylation sites (tertiary alicyclic amines) is 1. The predicted molar refractivity (Wildman–Crippen MR) is 161 cm³/mol. The van der Waals surface area contributed by atoms with E-state index in [1.54, 1.807) is 6.07 Å². The number of piperidine rings is 1. The Balaban J connectivity index is 1.30. The van der Waals surface area contributed by atoms with Crippen molar-refractivity contribution in [1.82, 2.24) is 4.90 Å². The van der Waals surface area contributed by atoms with Crippen LogP contribution in [0.5, 0.6) is 0 Å². The van der Waals surface area contributed by atoms with Crippen LogP contribution in [0.4, 0.5) is 10.5 Å². The Bertz CT molecular complexity index is 1340. The molecule has 3 aromatic rings. The van der Waals surface area contributed by atoms with Gasteiger partial charge in [0.05, 0.1) is 24.4 Å². The Hall–Kier alpha value is -3.24. The van der Waals surface area contributed by atoms with Crippen LogP contribution in [0.15, 0.2) is 85.5 Å². The second kappa shape index (κ2) is 13.8. The van der Waals surface area contributed by atoms with Crippen LogP contribution in [0.25, 0.3) is 0 Å². The molecule has 0 radical (unpaired) electrons. The Labute approximate surface area is 251 Å². The molecule has 3 N–H and O–H groups in total. The molecule has 0 aromatic heterocycles. The second-order valence-corrected chi connectivity index (χ2v) is 11.3. The van der Waals surface area contributed by atoms with Gasteiger partial charge in [-0.15, -0.1) is 0 Å². The number of nitrogens with one attached hydrogen (secondary N) is 1. The quantitative estimate of drug-likeness (QED) is 0.258. The highest BCUT2D eigenvalue weighted by Crippen LogP contribution is 2.40. The topological polar surface area (TPSA) is 100 Å². The first-order valence-corrected chi connectivity index (χ1v) is 14.6. The fraction of sp³-hybridized carbons (Fsp3) is 0.364. The van der Waals surface area contributed by atoms with Crippen molar-refractivity contribution in [3.63, 3.8) is 0 Å². The number of anilines is 1. The third-order valence-corrected chi connectivity index (χ3v) is 8.13. The number of amides is 1. The van der Waals surface area contributed by atoms with Gasteiger partial charge in [0.15, 0.2) is 6.29 Å². The van der Waals surface area contributed by atoms with E-state index in [0.29, 0.717) is 36.5 Å². The molecule has 2 aliphatic rings. The van der Waals surface area contributed by atoms with Crippen molar-refractivity contribution < 1.29 is 29.2 Å². The SMILES string of the molecule is C=CCOC(=O)Nc1cccc(C2OC(CN3CCC(O)(c4ccc(Cl)cc4)CC3)CC(c3ccc(CO)cc3)O2)c1. The smallest absolute Gasteiger partial charge is 0.411 e. The molecule has 2 heterocycles. The van der Waals surface area contributed by atoms with Gasteiger partial charge in [-0.25, -0.2) is 4.79 Å². The van der Waals surface area contributed by atoms with Crippen molar-refractivity contribution in [2.75, 3.05) is 31.6 Å². The van der Waals surface area contributed by atoms with E-state index in [-0.39, 0.29) is 25.4 Å². The molecule has 222 valence electrons. The van der Waals surface area contributed by atoms with Crippen LogP contribution in [0, 0.1) is 0 Å². The number of aliphatic hydroxyl groups is 2. The van der Waals surface area contributed by atoms with Crippen LogP contribution in [0.1, 0.15) is 53.9 Å².